The van der Waals surface area contributed by atoms with Gasteiger partial charge >= 0.3 is 12.1 Å². The monoisotopic (exact) mass is 336 g/mol. The Morgan fingerprint density at radius 1 is 1.21 bits per heavy atom. The van der Waals surface area contributed by atoms with E-state index < -0.39 is 12.1 Å². The van der Waals surface area contributed by atoms with Crippen LogP contribution in [-0.4, -0.2) is 28.2 Å². The molecular weight excluding hydrogens is 321 g/mol. The Bertz CT molecular complexity index is 742. The predicted octanol–water partition coefficient (Wildman–Crippen LogP) is 3.34. The van der Waals surface area contributed by atoms with E-state index >= 15 is 0 Å². The van der Waals surface area contributed by atoms with Crippen LogP contribution in [0.4, 0.5) is 13.2 Å². The van der Waals surface area contributed by atoms with Gasteiger partial charge in [0.15, 0.2) is 0 Å². The first-order valence-corrected chi connectivity index (χ1v) is 7.58. The second-order valence-electron chi connectivity index (χ2n) is 5.76. The maximum Gasteiger partial charge on any atom is 0.470 e. The molecule has 3 rings (SSSR count). The summed E-state index contributed by atoms with van der Waals surface area (Å²) in [4.78, 5) is 2.17. The minimum atomic E-state index is -4.60. The molecule has 0 saturated carbocycles. The number of piperidine rings is 1. The Kier molecular flexibility index (Phi) is 4.53. The van der Waals surface area contributed by atoms with E-state index in [-0.39, 0.29) is 11.8 Å². The fourth-order valence-corrected chi connectivity index (χ4v) is 2.86. The lowest BCUT2D eigenvalue weighted by Crippen LogP contribution is -2.32. The first-order chi connectivity index (χ1) is 11.5. The summed E-state index contributed by atoms with van der Waals surface area (Å²) >= 11 is 0. The van der Waals surface area contributed by atoms with Crippen molar-refractivity contribution in [2.45, 2.75) is 31.5 Å². The number of alkyl halides is 3. The number of aromatic nitrogens is 2. The largest absolute Gasteiger partial charge is 0.470 e. The molecule has 8 heteroatoms. The van der Waals surface area contributed by atoms with Crippen molar-refractivity contribution in [1.29, 1.82) is 5.26 Å². The van der Waals surface area contributed by atoms with Crippen molar-refractivity contribution in [1.82, 2.24) is 15.1 Å². The number of halogens is 3. The van der Waals surface area contributed by atoms with Crippen molar-refractivity contribution >= 4 is 0 Å². The second kappa shape index (κ2) is 6.61. The van der Waals surface area contributed by atoms with Crippen LogP contribution >= 0.6 is 0 Å². The normalized spacial score (nSPS) is 16.9. The lowest BCUT2D eigenvalue weighted by atomic mass is 9.96. The smallest absolute Gasteiger partial charge is 0.417 e. The zero-order valence-electron chi connectivity index (χ0n) is 12.8. The van der Waals surface area contributed by atoms with E-state index in [0.29, 0.717) is 38.0 Å². The molecule has 1 saturated heterocycles. The number of hydrogen-bond acceptors (Lipinski definition) is 5. The molecule has 1 fully saturated rings. The van der Waals surface area contributed by atoms with Gasteiger partial charge in [-0.3, -0.25) is 4.90 Å². The number of hydrogen-bond donors (Lipinski definition) is 0. The highest BCUT2D eigenvalue weighted by Gasteiger charge is 2.39. The molecule has 5 nitrogen and oxygen atoms in total. The molecule has 126 valence electrons. The molecule has 24 heavy (non-hydrogen) atoms. The van der Waals surface area contributed by atoms with Gasteiger partial charge in [-0.05, 0) is 37.6 Å². The number of likely N-dealkylation sites (tertiary alicyclic amines) is 1. The lowest BCUT2D eigenvalue weighted by Gasteiger charge is -2.30. The van der Waals surface area contributed by atoms with E-state index in [1.54, 1.807) is 6.07 Å². The molecule has 0 radical (unpaired) electrons. The highest BCUT2D eigenvalue weighted by Crippen LogP contribution is 2.32. The van der Waals surface area contributed by atoms with E-state index in [0.717, 1.165) is 5.56 Å². The van der Waals surface area contributed by atoms with E-state index in [2.05, 4.69) is 21.2 Å². The van der Waals surface area contributed by atoms with Crippen LogP contribution in [0.25, 0.3) is 0 Å². The molecule has 1 aromatic heterocycles. The quantitative estimate of drug-likeness (QED) is 0.860. The van der Waals surface area contributed by atoms with Crippen molar-refractivity contribution in [2.75, 3.05) is 13.1 Å². The summed E-state index contributed by atoms with van der Waals surface area (Å²) in [5.41, 5.74) is 1.60. The summed E-state index contributed by atoms with van der Waals surface area (Å²) < 4.78 is 42.3. The highest BCUT2D eigenvalue weighted by atomic mass is 19.4. The van der Waals surface area contributed by atoms with Crippen LogP contribution in [0.5, 0.6) is 0 Å². The SMILES string of the molecule is N#Cc1ccccc1CN1CCC(c2nnc(C(F)(F)F)o2)CC1. The van der Waals surface area contributed by atoms with Gasteiger partial charge in [-0.15, -0.1) is 10.2 Å². The Morgan fingerprint density at radius 2 is 1.92 bits per heavy atom. The zero-order chi connectivity index (χ0) is 17.2. The maximum absolute atomic E-state index is 12.5. The molecule has 0 bridgehead atoms. The van der Waals surface area contributed by atoms with Crippen molar-refractivity contribution < 1.29 is 17.6 Å². The average Bonchev–Trinajstić information content (AvgIpc) is 3.06. The molecular formula is C16H15F3N4O. The third-order valence-electron chi connectivity index (χ3n) is 4.15. The minimum Gasteiger partial charge on any atom is -0.417 e. The highest BCUT2D eigenvalue weighted by molar-refractivity contribution is 5.37. The summed E-state index contributed by atoms with van der Waals surface area (Å²) in [7, 11) is 0. The summed E-state index contributed by atoms with van der Waals surface area (Å²) in [5, 5.41) is 15.7. The van der Waals surface area contributed by atoms with Crippen LogP contribution in [0.3, 0.4) is 0 Å². The number of rotatable bonds is 3. The van der Waals surface area contributed by atoms with Gasteiger partial charge in [0.05, 0.1) is 11.6 Å². The van der Waals surface area contributed by atoms with Crippen LogP contribution in [0, 0.1) is 11.3 Å². The van der Waals surface area contributed by atoms with E-state index in [1.807, 2.05) is 18.2 Å². The van der Waals surface area contributed by atoms with Gasteiger partial charge in [0.1, 0.15) is 0 Å². The summed E-state index contributed by atoms with van der Waals surface area (Å²) in [6, 6.07) is 9.57. The van der Waals surface area contributed by atoms with Crippen LogP contribution in [0.1, 0.15) is 41.7 Å². The van der Waals surface area contributed by atoms with Gasteiger partial charge in [0, 0.05) is 12.5 Å². The Hall–Kier alpha value is -2.40. The van der Waals surface area contributed by atoms with E-state index in [4.69, 9.17) is 9.68 Å². The van der Waals surface area contributed by atoms with Gasteiger partial charge in [0.25, 0.3) is 0 Å². The van der Waals surface area contributed by atoms with E-state index in [1.165, 1.54) is 0 Å². The molecule has 1 aromatic carbocycles. The molecule has 0 aliphatic carbocycles. The van der Waals surface area contributed by atoms with Crippen LogP contribution < -0.4 is 0 Å². The first-order valence-electron chi connectivity index (χ1n) is 7.58. The molecule has 0 N–H and O–H groups in total. The molecule has 1 aliphatic heterocycles. The Balaban J connectivity index is 1.60. The van der Waals surface area contributed by atoms with Gasteiger partial charge in [0.2, 0.25) is 5.89 Å². The van der Waals surface area contributed by atoms with Gasteiger partial charge in [-0.1, -0.05) is 18.2 Å². The van der Waals surface area contributed by atoms with Crippen LogP contribution in [-0.2, 0) is 12.7 Å². The molecule has 0 unspecified atom stereocenters. The fraction of sp³-hybridized carbons (Fsp3) is 0.438. The molecule has 0 atom stereocenters. The van der Waals surface area contributed by atoms with Gasteiger partial charge < -0.3 is 4.42 Å². The molecule has 2 heterocycles. The van der Waals surface area contributed by atoms with Crippen LogP contribution in [0.15, 0.2) is 28.7 Å². The summed E-state index contributed by atoms with van der Waals surface area (Å²) in [5.74, 6) is -1.39. The van der Waals surface area contributed by atoms with Gasteiger partial charge in [-0.25, -0.2) is 0 Å². The molecule has 0 spiro atoms. The number of nitrogens with zero attached hydrogens (tertiary/aromatic N) is 4. The van der Waals surface area contributed by atoms with Crippen molar-refractivity contribution in [3.05, 3.63) is 47.2 Å². The van der Waals surface area contributed by atoms with Crippen molar-refractivity contribution in [2.24, 2.45) is 0 Å². The summed E-state index contributed by atoms with van der Waals surface area (Å²) in [6.07, 6.45) is -3.31. The van der Waals surface area contributed by atoms with Crippen molar-refractivity contribution in [3.8, 4) is 6.07 Å². The number of benzene rings is 1. The topological polar surface area (TPSA) is 66.0 Å². The third-order valence-corrected chi connectivity index (χ3v) is 4.15. The van der Waals surface area contributed by atoms with E-state index in [9.17, 15) is 13.2 Å². The third kappa shape index (κ3) is 3.57. The molecule has 2 aromatic rings. The van der Waals surface area contributed by atoms with Crippen molar-refractivity contribution in [3.63, 3.8) is 0 Å². The fourth-order valence-electron chi connectivity index (χ4n) is 2.86. The molecule has 1 aliphatic rings. The maximum atomic E-state index is 12.5. The number of nitriles is 1. The predicted molar refractivity (Wildman–Crippen MR) is 77.7 cm³/mol. The second-order valence-corrected chi connectivity index (χ2v) is 5.76. The standard InChI is InChI=1S/C16H15F3N4O/c17-16(18,19)15-22-21-14(24-15)11-5-7-23(8-6-11)10-13-4-2-1-3-12(13)9-20/h1-4,11H,5-8,10H2. The van der Waals surface area contributed by atoms with Crippen LogP contribution in [0.2, 0.25) is 0 Å². The molecule has 0 amide bonds. The minimum absolute atomic E-state index is 0.0550. The van der Waals surface area contributed by atoms with Gasteiger partial charge in [-0.2, -0.15) is 18.4 Å². The zero-order valence-corrected chi connectivity index (χ0v) is 12.8. The first kappa shape index (κ1) is 16.5. The summed E-state index contributed by atoms with van der Waals surface area (Å²) in [6.45, 7) is 2.05. The average molecular weight is 336 g/mol. The Morgan fingerprint density at radius 3 is 2.54 bits per heavy atom. The Labute approximate surface area is 136 Å². The lowest BCUT2D eigenvalue weighted by molar-refractivity contribution is -0.157.